The highest BCUT2D eigenvalue weighted by Gasteiger charge is 2.23. The Kier molecular flexibility index (Phi) is 7.44. The molecule has 1 heterocycles. The van der Waals surface area contributed by atoms with Crippen molar-refractivity contribution in [1.29, 1.82) is 0 Å². The minimum Gasteiger partial charge on any atom is -0.347 e. The molecule has 0 radical (unpaired) electrons. The van der Waals surface area contributed by atoms with Gasteiger partial charge in [-0.2, -0.15) is 0 Å². The van der Waals surface area contributed by atoms with Gasteiger partial charge in [0.1, 0.15) is 0 Å². The Labute approximate surface area is 163 Å². The van der Waals surface area contributed by atoms with Gasteiger partial charge in [-0.1, -0.05) is 0 Å². The molecule has 1 saturated heterocycles. The number of carbonyl (C=O) groups excluding carboxylic acids is 3. The number of benzene rings is 1. The Bertz CT molecular complexity index is 726. The van der Waals surface area contributed by atoms with Gasteiger partial charge >= 0.3 is 11.8 Å². The quantitative estimate of drug-likeness (QED) is 0.399. The van der Waals surface area contributed by atoms with Gasteiger partial charge in [0.15, 0.2) is 0 Å². The van der Waals surface area contributed by atoms with Crippen LogP contribution in [0.15, 0.2) is 24.3 Å². The van der Waals surface area contributed by atoms with Crippen LogP contribution in [0.1, 0.15) is 24.2 Å². The third-order valence-electron chi connectivity index (χ3n) is 4.32. The predicted molar refractivity (Wildman–Crippen MR) is 102 cm³/mol. The molecule has 0 aromatic heterocycles. The fourth-order valence-corrected chi connectivity index (χ4v) is 2.82. The van der Waals surface area contributed by atoms with Crippen molar-refractivity contribution < 1.29 is 19.3 Å². The SMILES string of the molecule is CC(C)NC(=O)C(=O)NCCN1CCN(C(=O)c2ccc([N+](=O)[O-])cc2)CC1. The van der Waals surface area contributed by atoms with E-state index in [4.69, 9.17) is 0 Å². The number of amides is 3. The van der Waals surface area contributed by atoms with E-state index < -0.39 is 16.7 Å². The fourth-order valence-electron chi connectivity index (χ4n) is 2.82. The molecule has 10 heteroatoms. The van der Waals surface area contributed by atoms with Gasteiger partial charge in [0, 0.05) is 63.0 Å². The van der Waals surface area contributed by atoms with Gasteiger partial charge in [-0.15, -0.1) is 0 Å². The molecule has 1 aromatic carbocycles. The molecule has 0 unspecified atom stereocenters. The number of nitro groups is 1. The highest BCUT2D eigenvalue weighted by molar-refractivity contribution is 6.35. The molecule has 152 valence electrons. The van der Waals surface area contributed by atoms with Gasteiger partial charge in [-0.25, -0.2) is 0 Å². The van der Waals surface area contributed by atoms with Crippen LogP contribution in [0.3, 0.4) is 0 Å². The molecule has 2 N–H and O–H groups in total. The zero-order chi connectivity index (χ0) is 20.7. The van der Waals surface area contributed by atoms with Crippen LogP contribution in [0.5, 0.6) is 0 Å². The Morgan fingerprint density at radius 2 is 1.68 bits per heavy atom. The molecule has 1 aromatic rings. The van der Waals surface area contributed by atoms with E-state index in [2.05, 4.69) is 15.5 Å². The van der Waals surface area contributed by atoms with Crippen LogP contribution in [-0.2, 0) is 9.59 Å². The average molecular weight is 391 g/mol. The monoisotopic (exact) mass is 391 g/mol. The Hall–Kier alpha value is -3.01. The van der Waals surface area contributed by atoms with Crippen molar-refractivity contribution in [3.05, 3.63) is 39.9 Å². The second kappa shape index (κ2) is 9.79. The summed E-state index contributed by atoms with van der Waals surface area (Å²) in [5.41, 5.74) is 0.368. The molecular weight excluding hydrogens is 366 g/mol. The van der Waals surface area contributed by atoms with E-state index in [1.807, 2.05) is 0 Å². The average Bonchev–Trinajstić information content (AvgIpc) is 2.67. The number of nitrogens with one attached hydrogen (secondary N) is 2. The molecule has 1 fully saturated rings. The van der Waals surface area contributed by atoms with Crippen molar-refractivity contribution in [2.75, 3.05) is 39.3 Å². The summed E-state index contributed by atoms with van der Waals surface area (Å²) in [5.74, 6) is -1.46. The third-order valence-corrected chi connectivity index (χ3v) is 4.32. The second-order valence-electron chi connectivity index (χ2n) is 6.82. The van der Waals surface area contributed by atoms with Crippen molar-refractivity contribution >= 4 is 23.4 Å². The number of hydrogen-bond acceptors (Lipinski definition) is 6. The van der Waals surface area contributed by atoms with E-state index in [9.17, 15) is 24.5 Å². The molecule has 0 aliphatic carbocycles. The summed E-state index contributed by atoms with van der Waals surface area (Å²) in [4.78, 5) is 49.7. The number of piperazine rings is 1. The topological polar surface area (TPSA) is 125 Å². The van der Waals surface area contributed by atoms with Crippen molar-refractivity contribution in [3.8, 4) is 0 Å². The largest absolute Gasteiger partial charge is 0.347 e. The number of rotatable bonds is 6. The molecule has 0 bridgehead atoms. The van der Waals surface area contributed by atoms with E-state index in [1.165, 1.54) is 24.3 Å². The van der Waals surface area contributed by atoms with Crippen LogP contribution < -0.4 is 10.6 Å². The number of nitrogens with zero attached hydrogens (tertiary/aromatic N) is 3. The standard InChI is InChI=1S/C18H25N5O5/c1-13(2)20-17(25)16(24)19-7-8-21-9-11-22(12-10-21)18(26)14-3-5-15(6-4-14)23(27)28/h3-6,13H,7-12H2,1-2H3,(H,19,24)(H,20,25). The number of nitro benzene ring substituents is 1. The molecule has 2 rings (SSSR count). The lowest BCUT2D eigenvalue weighted by Crippen LogP contribution is -2.51. The molecule has 0 spiro atoms. The van der Waals surface area contributed by atoms with E-state index in [0.717, 1.165) is 0 Å². The van der Waals surface area contributed by atoms with Crippen LogP contribution >= 0.6 is 0 Å². The zero-order valence-corrected chi connectivity index (χ0v) is 16.0. The first kappa shape index (κ1) is 21.3. The molecule has 3 amide bonds. The second-order valence-corrected chi connectivity index (χ2v) is 6.82. The zero-order valence-electron chi connectivity index (χ0n) is 16.0. The lowest BCUT2D eigenvalue weighted by molar-refractivity contribution is -0.384. The van der Waals surface area contributed by atoms with E-state index >= 15 is 0 Å². The van der Waals surface area contributed by atoms with Crippen molar-refractivity contribution in [2.45, 2.75) is 19.9 Å². The summed E-state index contributed by atoms with van der Waals surface area (Å²) in [5, 5.41) is 15.8. The normalized spacial score (nSPS) is 14.6. The first-order valence-electron chi connectivity index (χ1n) is 9.12. The van der Waals surface area contributed by atoms with Crippen LogP contribution in [0.25, 0.3) is 0 Å². The first-order valence-corrected chi connectivity index (χ1v) is 9.12. The van der Waals surface area contributed by atoms with Gasteiger partial charge in [-0.05, 0) is 26.0 Å². The Balaban J connectivity index is 1.73. The van der Waals surface area contributed by atoms with Crippen LogP contribution in [0.2, 0.25) is 0 Å². The van der Waals surface area contributed by atoms with Crippen molar-refractivity contribution in [3.63, 3.8) is 0 Å². The molecule has 0 atom stereocenters. The lowest BCUT2D eigenvalue weighted by Gasteiger charge is -2.34. The van der Waals surface area contributed by atoms with Gasteiger partial charge < -0.3 is 15.5 Å². The molecule has 1 aliphatic rings. The van der Waals surface area contributed by atoms with Crippen molar-refractivity contribution in [2.24, 2.45) is 0 Å². The maximum absolute atomic E-state index is 12.5. The van der Waals surface area contributed by atoms with Crippen LogP contribution in [0, 0.1) is 10.1 Å². The fraction of sp³-hybridized carbons (Fsp3) is 0.500. The maximum atomic E-state index is 12.5. The number of carbonyl (C=O) groups is 3. The highest BCUT2D eigenvalue weighted by Crippen LogP contribution is 2.14. The molecule has 1 aliphatic heterocycles. The smallest absolute Gasteiger partial charge is 0.309 e. The molecular formula is C18H25N5O5. The minimum atomic E-state index is -0.652. The number of hydrogen-bond donors (Lipinski definition) is 2. The van der Waals surface area contributed by atoms with Crippen LogP contribution in [-0.4, -0.2) is 77.8 Å². The predicted octanol–water partition coefficient (Wildman–Crippen LogP) is -0.00660. The van der Waals surface area contributed by atoms with Gasteiger partial charge in [-0.3, -0.25) is 29.4 Å². The Morgan fingerprint density at radius 1 is 1.07 bits per heavy atom. The van der Waals surface area contributed by atoms with E-state index in [0.29, 0.717) is 44.8 Å². The summed E-state index contributed by atoms with van der Waals surface area (Å²) < 4.78 is 0. The molecule has 10 nitrogen and oxygen atoms in total. The minimum absolute atomic E-state index is 0.0505. The number of non-ortho nitro benzene ring substituents is 1. The van der Waals surface area contributed by atoms with E-state index in [1.54, 1.807) is 18.7 Å². The lowest BCUT2D eigenvalue weighted by atomic mass is 10.1. The van der Waals surface area contributed by atoms with Gasteiger partial charge in [0.05, 0.1) is 4.92 Å². The van der Waals surface area contributed by atoms with E-state index in [-0.39, 0.29) is 17.6 Å². The molecule has 0 saturated carbocycles. The summed E-state index contributed by atoms with van der Waals surface area (Å²) in [6.45, 7) is 6.83. The summed E-state index contributed by atoms with van der Waals surface area (Å²) in [6, 6.07) is 5.47. The molecule has 28 heavy (non-hydrogen) atoms. The highest BCUT2D eigenvalue weighted by atomic mass is 16.6. The van der Waals surface area contributed by atoms with Gasteiger partial charge in [0.2, 0.25) is 0 Å². The van der Waals surface area contributed by atoms with Crippen molar-refractivity contribution in [1.82, 2.24) is 20.4 Å². The summed E-state index contributed by atoms with van der Waals surface area (Å²) in [6.07, 6.45) is 0. The maximum Gasteiger partial charge on any atom is 0.309 e. The van der Waals surface area contributed by atoms with Gasteiger partial charge in [0.25, 0.3) is 11.6 Å². The first-order chi connectivity index (χ1) is 13.3. The van der Waals surface area contributed by atoms with Crippen LogP contribution in [0.4, 0.5) is 5.69 Å². The summed E-state index contributed by atoms with van der Waals surface area (Å²) in [7, 11) is 0. The third kappa shape index (κ3) is 6.02. The summed E-state index contributed by atoms with van der Waals surface area (Å²) >= 11 is 0. The Morgan fingerprint density at radius 3 is 2.21 bits per heavy atom.